The first-order valence-electron chi connectivity index (χ1n) is 9.33. The summed E-state index contributed by atoms with van der Waals surface area (Å²) in [6.07, 6.45) is 1.75. The Balaban J connectivity index is 1.55. The standard InChI is InChI=1S/C19H23N3O6/c1-10(16(23)20-12-6-7-12)27-18(25)14-4-3-5-15(22-14)19(26)28-11(2)17(24)21-13-8-9-13/h3-5,10-13H,6-9H2,1-2H3,(H,20,23)(H,21,24)/t10-,11-/m0/s1. The Bertz CT molecular complexity index is 726. The van der Waals surface area contributed by atoms with E-state index < -0.39 is 24.1 Å². The third-order valence-corrected chi connectivity index (χ3v) is 4.32. The summed E-state index contributed by atoms with van der Waals surface area (Å²) in [6.45, 7) is 2.93. The third kappa shape index (κ3) is 5.51. The normalized spacial score (nSPS) is 17.8. The van der Waals surface area contributed by atoms with Crippen LogP contribution in [0.15, 0.2) is 18.2 Å². The SMILES string of the molecule is C[C@H](OC(=O)c1cccc(C(=O)O[C@@H](C)C(=O)NC2CC2)n1)C(=O)NC1CC1. The number of amides is 2. The quantitative estimate of drug-likeness (QED) is 0.628. The molecule has 2 N–H and O–H groups in total. The van der Waals surface area contributed by atoms with Crippen LogP contribution in [-0.4, -0.2) is 53.0 Å². The molecule has 2 aliphatic rings. The van der Waals surface area contributed by atoms with Crippen molar-refractivity contribution in [2.45, 2.75) is 63.8 Å². The topological polar surface area (TPSA) is 124 Å². The van der Waals surface area contributed by atoms with Gasteiger partial charge >= 0.3 is 11.9 Å². The van der Waals surface area contributed by atoms with E-state index in [4.69, 9.17) is 9.47 Å². The Morgan fingerprint density at radius 3 is 1.61 bits per heavy atom. The van der Waals surface area contributed by atoms with Crippen LogP contribution in [-0.2, 0) is 19.1 Å². The smallest absolute Gasteiger partial charge is 0.357 e. The molecule has 0 unspecified atom stereocenters. The lowest BCUT2D eigenvalue weighted by Crippen LogP contribution is -2.37. The molecular weight excluding hydrogens is 366 g/mol. The number of pyridine rings is 1. The van der Waals surface area contributed by atoms with E-state index in [1.807, 2.05) is 0 Å². The van der Waals surface area contributed by atoms with Gasteiger partial charge < -0.3 is 20.1 Å². The van der Waals surface area contributed by atoms with Crippen molar-refractivity contribution < 1.29 is 28.7 Å². The zero-order valence-electron chi connectivity index (χ0n) is 15.8. The third-order valence-electron chi connectivity index (χ3n) is 4.32. The van der Waals surface area contributed by atoms with Gasteiger partial charge in [0.25, 0.3) is 11.8 Å². The summed E-state index contributed by atoms with van der Waals surface area (Å²) in [5.74, 6) is -2.40. The number of hydrogen-bond donors (Lipinski definition) is 2. The molecule has 9 heteroatoms. The van der Waals surface area contributed by atoms with Crippen molar-refractivity contribution in [1.82, 2.24) is 15.6 Å². The zero-order chi connectivity index (χ0) is 20.3. The summed E-state index contributed by atoms with van der Waals surface area (Å²) < 4.78 is 10.2. The molecule has 2 atom stereocenters. The van der Waals surface area contributed by atoms with E-state index in [2.05, 4.69) is 15.6 Å². The molecule has 2 aliphatic carbocycles. The number of esters is 2. The fourth-order valence-electron chi connectivity index (χ4n) is 2.30. The van der Waals surface area contributed by atoms with E-state index >= 15 is 0 Å². The lowest BCUT2D eigenvalue weighted by molar-refractivity contribution is -0.129. The first-order chi connectivity index (χ1) is 13.3. The summed E-state index contributed by atoms with van der Waals surface area (Å²) in [4.78, 5) is 52.1. The van der Waals surface area contributed by atoms with Gasteiger partial charge in [-0.2, -0.15) is 0 Å². The van der Waals surface area contributed by atoms with Gasteiger partial charge in [0.2, 0.25) is 0 Å². The molecule has 2 saturated carbocycles. The Hall–Kier alpha value is -2.97. The Morgan fingerprint density at radius 2 is 1.25 bits per heavy atom. The van der Waals surface area contributed by atoms with Crippen LogP contribution in [0.2, 0.25) is 0 Å². The van der Waals surface area contributed by atoms with Crippen molar-refractivity contribution in [2.24, 2.45) is 0 Å². The van der Waals surface area contributed by atoms with Crippen molar-refractivity contribution in [3.8, 4) is 0 Å². The molecule has 1 aromatic rings. The largest absolute Gasteiger partial charge is 0.448 e. The van der Waals surface area contributed by atoms with Gasteiger partial charge in [0.15, 0.2) is 12.2 Å². The number of nitrogens with zero attached hydrogens (tertiary/aromatic N) is 1. The number of rotatable bonds is 8. The van der Waals surface area contributed by atoms with Crippen LogP contribution < -0.4 is 10.6 Å². The van der Waals surface area contributed by atoms with Crippen LogP contribution in [0.25, 0.3) is 0 Å². The van der Waals surface area contributed by atoms with Gasteiger partial charge in [-0.25, -0.2) is 14.6 Å². The van der Waals surface area contributed by atoms with Crippen LogP contribution in [0.4, 0.5) is 0 Å². The summed E-state index contributed by atoms with van der Waals surface area (Å²) in [7, 11) is 0. The highest BCUT2D eigenvalue weighted by Crippen LogP contribution is 2.19. The van der Waals surface area contributed by atoms with E-state index in [0.717, 1.165) is 25.7 Å². The molecule has 150 valence electrons. The summed E-state index contributed by atoms with van der Waals surface area (Å²) in [6, 6.07) is 4.50. The highest BCUT2D eigenvalue weighted by Gasteiger charge is 2.29. The van der Waals surface area contributed by atoms with Gasteiger partial charge in [0.1, 0.15) is 11.4 Å². The van der Waals surface area contributed by atoms with Gasteiger partial charge in [-0.05, 0) is 51.7 Å². The van der Waals surface area contributed by atoms with Gasteiger partial charge in [0, 0.05) is 12.1 Å². The molecule has 9 nitrogen and oxygen atoms in total. The number of carbonyl (C=O) groups is 4. The van der Waals surface area contributed by atoms with Crippen molar-refractivity contribution in [2.75, 3.05) is 0 Å². The highest BCUT2D eigenvalue weighted by molar-refractivity contribution is 5.94. The Labute approximate surface area is 162 Å². The summed E-state index contributed by atoms with van der Waals surface area (Å²) in [5.41, 5.74) is -0.258. The molecule has 28 heavy (non-hydrogen) atoms. The number of nitrogens with one attached hydrogen (secondary N) is 2. The maximum absolute atomic E-state index is 12.2. The second-order valence-electron chi connectivity index (χ2n) is 7.07. The van der Waals surface area contributed by atoms with Crippen molar-refractivity contribution in [3.63, 3.8) is 0 Å². The molecule has 3 rings (SSSR count). The molecule has 0 aliphatic heterocycles. The summed E-state index contributed by atoms with van der Waals surface area (Å²) >= 11 is 0. The Morgan fingerprint density at radius 1 is 0.857 bits per heavy atom. The van der Waals surface area contributed by atoms with Crippen molar-refractivity contribution in [3.05, 3.63) is 29.6 Å². The lowest BCUT2D eigenvalue weighted by Gasteiger charge is -2.14. The summed E-state index contributed by atoms with van der Waals surface area (Å²) in [5, 5.41) is 5.48. The van der Waals surface area contributed by atoms with Crippen LogP contribution in [0, 0.1) is 0 Å². The lowest BCUT2D eigenvalue weighted by atomic mass is 10.3. The minimum absolute atomic E-state index is 0.129. The van der Waals surface area contributed by atoms with Crippen LogP contribution in [0.1, 0.15) is 60.5 Å². The second-order valence-corrected chi connectivity index (χ2v) is 7.07. The van der Waals surface area contributed by atoms with E-state index in [9.17, 15) is 19.2 Å². The van der Waals surface area contributed by atoms with Gasteiger partial charge in [-0.3, -0.25) is 9.59 Å². The molecule has 0 saturated heterocycles. The van der Waals surface area contributed by atoms with Gasteiger partial charge in [-0.1, -0.05) is 6.07 Å². The van der Waals surface area contributed by atoms with Crippen molar-refractivity contribution in [1.29, 1.82) is 0 Å². The predicted molar refractivity (Wildman–Crippen MR) is 96.3 cm³/mol. The zero-order valence-corrected chi connectivity index (χ0v) is 15.8. The van der Waals surface area contributed by atoms with Crippen LogP contribution >= 0.6 is 0 Å². The molecular formula is C19H23N3O6. The monoisotopic (exact) mass is 389 g/mol. The number of carbonyl (C=O) groups excluding carboxylic acids is 4. The van der Waals surface area contributed by atoms with E-state index in [0.29, 0.717) is 0 Å². The van der Waals surface area contributed by atoms with Gasteiger partial charge in [-0.15, -0.1) is 0 Å². The number of hydrogen-bond acceptors (Lipinski definition) is 7. The van der Waals surface area contributed by atoms with Crippen molar-refractivity contribution >= 4 is 23.8 Å². The maximum atomic E-state index is 12.2. The fourth-order valence-corrected chi connectivity index (χ4v) is 2.30. The fraction of sp³-hybridized carbons (Fsp3) is 0.526. The minimum Gasteiger partial charge on any atom is -0.448 e. The van der Waals surface area contributed by atoms with Crippen LogP contribution in [0.5, 0.6) is 0 Å². The molecule has 0 spiro atoms. The molecule has 0 radical (unpaired) electrons. The second kappa shape index (κ2) is 8.37. The van der Waals surface area contributed by atoms with Crippen LogP contribution in [0.3, 0.4) is 0 Å². The molecule has 1 heterocycles. The van der Waals surface area contributed by atoms with Gasteiger partial charge in [0.05, 0.1) is 0 Å². The average Bonchev–Trinajstić information content (AvgIpc) is 3.58. The molecule has 2 fully saturated rings. The molecule has 2 amide bonds. The van der Waals surface area contributed by atoms with E-state index in [1.54, 1.807) is 0 Å². The van der Waals surface area contributed by atoms with E-state index in [1.165, 1.54) is 32.0 Å². The number of ether oxygens (including phenoxy) is 2. The maximum Gasteiger partial charge on any atom is 0.357 e. The average molecular weight is 389 g/mol. The molecule has 0 aromatic carbocycles. The predicted octanol–water partition coefficient (Wildman–Crippen LogP) is 0.729. The first kappa shape index (κ1) is 19.8. The molecule has 1 aromatic heterocycles. The highest BCUT2D eigenvalue weighted by atomic mass is 16.6. The number of aromatic nitrogens is 1. The molecule has 0 bridgehead atoms. The Kier molecular flexibility index (Phi) is 5.91. The first-order valence-corrected chi connectivity index (χ1v) is 9.33. The van der Waals surface area contributed by atoms with E-state index in [-0.39, 0.29) is 35.3 Å². The minimum atomic E-state index is -0.975.